The van der Waals surface area contributed by atoms with Crippen molar-refractivity contribution in [3.63, 3.8) is 0 Å². The van der Waals surface area contributed by atoms with Gasteiger partial charge in [0.1, 0.15) is 11.8 Å². The van der Waals surface area contributed by atoms with E-state index in [0.29, 0.717) is 22.6 Å². The van der Waals surface area contributed by atoms with Gasteiger partial charge in [0.05, 0.1) is 7.11 Å². The minimum Gasteiger partial charge on any atom is -0.497 e. The zero-order valence-corrected chi connectivity index (χ0v) is 18.9. The molecule has 1 unspecified atom stereocenters. The third kappa shape index (κ3) is 7.13. The van der Waals surface area contributed by atoms with Gasteiger partial charge in [-0.05, 0) is 75.2 Å². The summed E-state index contributed by atoms with van der Waals surface area (Å²) in [7, 11) is 1.55. The maximum atomic E-state index is 12.8. The molecule has 31 heavy (non-hydrogen) atoms. The van der Waals surface area contributed by atoms with Crippen molar-refractivity contribution in [1.82, 2.24) is 10.6 Å². The number of carbonyl (C=O) groups is 3. The molecular formula is C24H31N3O4. The van der Waals surface area contributed by atoms with Crippen molar-refractivity contribution in [1.29, 1.82) is 0 Å². The Hall–Kier alpha value is -3.35. The number of amides is 3. The van der Waals surface area contributed by atoms with E-state index < -0.39 is 6.04 Å². The topological polar surface area (TPSA) is 96.5 Å². The van der Waals surface area contributed by atoms with Crippen LogP contribution in [0.5, 0.6) is 5.75 Å². The van der Waals surface area contributed by atoms with Crippen molar-refractivity contribution in [2.24, 2.45) is 5.92 Å². The molecule has 7 heteroatoms. The van der Waals surface area contributed by atoms with Crippen molar-refractivity contribution in [3.8, 4) is 5.75 Å². The first-order valence-corrected chi connectivity index (χ1v) is 10.2. The van der Waals surface area contributed by atoms with E-state index in [2.05, 4.69) is 16.0 Å². The Morgan fingerprint density at radius 3 is 1.84 bits per heavy atom. The Labute approximate surface area is 183 Å². The molecule has 0 heterocycles. The van der Waals surface area contributed by atoms with E-state index in [0.717, 1.165) is 0 Å². The minimum absolute atomic E-state index is 0.126. The predicted octanol–water partition coefficient (Wildman–Crippen LogP) is 3.62. The molecule has 2 aromatic rings. The molecule has 0 aliphatic rings. The minimum atomic E-state index is -0.724. The van der Waals surface area contributed by atoms with Gasteiger partial charge in [-0.2, -0.15) is 0 Å². The normalized spacial score (nSPS) is 12.1. The summed E-state index contributed by atoms with van der Waals surface area (Å²) in [4.78, 5) is 37.6. The summed E-state index contributed by atoms with van der Waals surface area (Å²) in [6.07, 6.45) is 0. The molecule has 7 nitrogen and oxygen atoms in total. The van der Waals surface area contributed by atoms with Gasteiger partial charge >= 0.3 is 0 Å². The summed E-state index contributed by atoms with van der Waals surface area (Å²) in [5.41, 5.74) is 1.15. The second kappa shape index (κ2) is 10.1. The quantitative estimate of drug-likeness (QED) is 0.631. The first-order valence-electron chi connectivity index (χ1n) is 10.2. The van der Waals surface area contributed by atoms with Crippen LogP contribution in [-0.4, -0.2) is 36.4 Å². The fourth-order valence-electron chi connectivity index (χ4n) is 2.84. The molecule has 0 aliphatic carbocycles. The lowest BCUT2D eigenvalue weighted by molar-refractivity contribution is -0.118. The highest BCUT2D eigenvalue weighted by Crippen LogP contribution is 2.15. The average molecular weight is 426 g/mol. The van der Waals surface area contributed by atoms with Crippen molar-refractivity contribution < 1.29 is 19.1 Å². The largest absolute Gasteiger partial charge is 0.497 e. The molecule has 2 aromatic carbocycles. The maximum absolute atomic E-state index is 12.8. The number of benzene rings is 2. The second-order valence-electron chi connectivity index (χ2n) is 8.69. The SMILES string of the molecule is COc1ccc(C(=O)NC(C(=O)Nc2ccc(C(=O)NC(C)(C)C)cc2)C(C)C)cc1. The lowest BCUT2D eigenvalue weighted by Gasteiger charge is -2.22. The van der Waals surface area contributed by atoms with Gasteiger partial charge in [0.15, 0.2) is 0 Å². The van der Waals surface area contributed by atoms with E-state index in [1.165, 1.54) is 0 Å². The summed E-state index contributed by atoms with van der Waals surface area (Å²) in [6, 6.07) is 12.6. The molecule has 1 atom stereocenters. The molecule has 2 rings (SSSR count). The number of nitrogens with one attached hydrogen (secondary N) is 3. The lowest BCUT2D eigenvalue weighted by atomic mass is 10.0. The Balaban J connectivity index is 2.04. The number of hydrogen-bond acceptors (Lipinski definition) is 4. The number of methoxy groups -OCH3 is 1. The van der Waals surface area contributed by atoms with Crippen LogP contribution in [0, 0.1) is 5.92 Å². The Kier molecular flexibility index (Phi) is 7.80. The van der Waals surface area contributed by atoms with Crippen LogP contribution in [0.1, 0.15) is 55.3 Å². The zero-order valence-electron chi connectivity index (χ0n) is 18.9. The lowest BCUT2D eigenvalue weighted by Crippen LogP contribution is -2.47. The highest BCUT2D eigenvalue weighted by atomic mass is 16.5. The number of carbonyl (C=O) groups excluding carboxylic acids is 3. The molecular weight excluding hydrogens is 394 g/mol. The van der Waals surface area contributed by atoms with Gasteiger partial charge in [0, 0.05) is 22.4 Å². The fraction of sp³-hybridized carbons (Fsp3) is 0.375. The van der Waals surface area contributed by atoms with E-state index in [9.17, 15) is 14.4 Å². The van der Waals surface area contributed by atoms with E-state index >= 15 is 0 Å². The van der Waals surface area contributed by atoms with Crippen LogP contribution in [-0.2, 0) is 4.79 Å². The van der Waals surface area contributed by atoms with E-state index in [1.54, 1.807) is 55.6 Å². The maximum Gasteiger partial charge on any atom is 0.251 e. The molecule has 0 bridgehead atoms. The smallest absolute Gasteiger partial charge is 0.251 e. The molecule has 0 saturated heterocycles. The van der Waals surface area contributed by atoms with Gasteiger partial charge in [-0.15, -0.1) is 0 Å². The molecule has 0 fully saturated rings. The van der Waals surface area contributed by atoms with Crippen LogP contribution in [0.25, 0.3) is 0 Å². The molecule has 0 spiro atoms. The number of rotatable bonds is 7. The molecule has 0 saturated carbocycles. The van der Waals surface area contributed by atoms with Gasteiger partial charge in [-0.25, -0.2) is 0 Å². The van der Waals surface area contributed by atoms with Crippen LogP contribution in [0.4, 0.5) is 5.69 Å². The van der Waals surface area contributed by atoms with E-state index in [1.807, 2.05) is 34.6 Å². The van der Waals surface area contributed by atoms with Crippen molar-refractivity contribution in [2.45, 2.75) is 46.2 Å². The van der Waals surface area contributed by atoms with Gasteiger partial charge in [0.2, 0.25) is 5.91 Å². The standard InChI is InChI=1S/C24H31N3O4/c1-15(2)20(26-21(28)16-9-13-19(31-6)14-10-16)23(30)25-18-11-7-17(8-12-18)22(29)27-24(3,4)5/h7-15,20H,1-6H3,(H,25,30)(H,26,28)(H,27,29). The van der Waals surface area contributed by atoms with Crippen LogP contribution in [0.15, 0.2) is 48.5 Å². The predicted molar refractivity (Wildman–Crippen MR) is 121 cm³/mol. The number of hydrogen-bond donors (Lipinski definition) is 3. The van der Waals surface area contributed by atoms with Crippen molar-refractivity contribution in [2.75, 3.05) is 12.4 Å². The highest BCUT2D eigenvalue weighted by Gasteiger charge is 2.25. The molecule has 0 radical (unpaired) electrons. The molecule has 3 amide bonds. The Bertz CT molecular complexity index is 913. The summed E-state index contributed by atoms with van der Waals surface area (Å²) in [6.45, 7) is 9.44. The van der Waals surface area contributed by atoms with Crippen LogP contribution in [0.2, 0.25) is 0 Å². The highest BCUT2D eigenvalue weighted by molar-refractivity contribution is 6.01. The Morgan fingerprint density at radius 2 is 1.35 bits per heavy atom. The third-order valence-electron chi connectivity index (χ3n) is 4.49. The van der Waals surface area contributed by atoms with E-state index in [4.69, 9.17) is 4.74 Å². The average Bonchev–Trinajstić information content (AvgIpc) is 2.70. The first-order chi connectivity index (χ1) is 14.5. The van der Waals surface area contributed by atoms with Gasteiger partial charge < -0.3 is 20.7 Å². The molecule has 0 aromatic heterocycles. The van der Waals surface area contributed by atoms with Crippen LogP contribution < -0.4 is 20.7 Å². The number of ether oxygens (including phenoxy) is 1. The monoisotopic (exact) mass is 425 g/mol. The molecule has 3 N–H and O–H groups in total. The summed E-state index contributed by atoms with van der Waals surface area (Å²) < 4.78 is 5.10. The van der Waals surface area contributed by atoms with Crippen molar-refractivity contribution >= 4 is 23.4 Å². The summed E-state index contributed by atoms with van der Waals surface area (Å²) in [5.74, 6) is -0.333. The van der Waals surface area contributed by atoms with Gasteiger partial charge in [-0.1, -0.05) is 13.8 Å². The van der Waals surface area contributed by atoms with E-state index in [-0.39, 0.29) is 29.2 Å². The molecule has 166 valence electrons. The second-order valence-corrected chi connectivity index (χ2v) is 8.69. The van der Waals surface area contributed by atoms with Gasteiger partial charge in [-0.3, -0.25) is 14.4 Å². The van der Waals surface area contributed by atoms with Crippen LogP contribution >= 0.6 is 0 Å². The van der Waals surface area contributed by atoms with Crippen molar-refractivity contribution in [3.05, 3.63) is 59.7 Å². The number of anilines is 1. The van der Waals surface area contributed by atoms with Gasteiger partial charge in [0.25, 0.3) is 11.8 Å². The molecule has 0 aliphatic heterocycles. The van der Waals surface area contributed by atoms with Crippen LogP contribution in [0.3, 0.4) is 0 Å². The first kappa shape index (κ1) is 23.9. The summed E-state index contributed by atoms with van der Waals surface area (Å²) >= 11 is 0. The summed E-state index contributed by atoms with van der Waals surface area (Å²) in [5, 5.41) is 8.49. The third-order valence-corrected chi connectivity index (χ3v) is 4.49. The zero-order chi connectivity index (χ0) is 23.2. The Morgan fingerprint density at radius 1 is 0.839 bits per heavy atom. The fourth-order valence-corrected chi connectivity index (χ4v) is 2.84.